The van der Waals surface area contributed by atoms with Gasteiger partial charge in [-0.15, -0.1) is 0 Å². The van der Waals surface area contributed by atoms with E-state index in [0.717, 1.165) is 33.0 Å². The Hall–Kier alpha value is -0.980. The largest absolute Gasteiger partial charge is 0.487 e. The molecule has 1 amide bonds. The highest BCUT2D eigenvalue weighted by molar-refractivity contribution is 14.1. The molecule has 3 aromatic carbocycles. The Morgan fingerprint density at radius 2 is 1.69 bits per heavy atom. The van der Waals surface area contributed by atoms with Crippen LogP contribution >= 0.6 is 77.0 Å². The van der Waals surface area contributed by atoms with E-state index < -0.39 is 0 Å². The summed E-state index contributed by atoms with van der Waals surface area (Å²) >= 11 is 11.3. The molecule has 29 heavy (non-hydrogen) atoms. The summed E-state index contributed by atoms with van der Waals surface area (Å²) in [5.41, 5.74) is 5.06. The second kappa shape index (κ2) is 10.9. The van der Waals surface area contributed by atoms with Gasteiger partial charge in [0.15, 0.2) is 0 Å². The molecule has 0 aliphatic rings. The van der Waals surface area contributed by atoms with E-state index in [1.165, 1.54) is 0 Å². The maximum atomic E-state index is 12.2. The van der Waals surface area contributed by atoms with Gasteiger partial charge in [0.05, 0.1) is 18.9 Å². The van der Waals surface area contributed by atoms with Crippen molar-refractivity contribution in [3.8, 4) is 5.75 Å². The number of nitrogens with one attached hydrogen (secondary N) is 1. The Bertz CT molecular complexity index is 1030. The van der Waals surface area contributed by atoms with Gasteiger partial charge in [-0.3, -0.25) is 4.79 Å². The third-order valence-electron chi connectivity index (χ3n) is 3.82. The normalized spacial score (nSPS) is 10.9. The van der Waals surface area contributed by atoms with Gasteiger partial charge in [-0.2, -0.15) is 5.10 Å². The minimum absolute atomic E-state index is 0.271. The maximum Gasteiger partial charge on any atom is 0.272 e. The molecule has 0 heterocycles. The zero-order chi connectivity index (χ0) is 20.8. The van der Waals surface area contributed by atoms with E-state index in [2.05, 4.69) is 87.6 Å². The number of hydrogen-bond donors (Lipinski definition) is 1. The molecule has 0 aliphatic heterocycles. The van der Waals surface area contributed by atoms with E-state index in [1.807, 2.05) is 48.5 Å². The van der Waals surface area contributed by atoms with Crippen LogP contribution in [0.15, 0.2) is 74.7 Å². The number of halogens is 4. The first kappa shape index (κ1) is 22.7. The van der Waals surface area contributed by atoms with Gasteiger partial charge in [0.1, 0.15) is 12.4 Å². The molecule has 0 saturated carbocycles. The molecule has 0 atom stereocenters. The standard InChI is InChI=1S/C21H14Br2I2N2O2/c22-15-7-5-13(6-8-15)12-29-20-18(24)9-14(10-19(20)25)11-26-27-21(28)16-3-1-2-4-17(16)23/h1-11H,12H2,(H,27,28)/b26-11-. The minimum Gasteiger partial charge on any atom is -0.487 e. The van der Waals surface area contributed by atoms with Crippen molar-refractivity contribution in [2.45, 2.75) is 6.61 Å². The van der Waals surface area contributed by atoms with Crippen molar-refractivity contribution in [2.24, 2.45) is 5.10 Å². The van der Waals surface area contributed by atoms with E-state index in [0.29, 0.717) is 12.2 Å². The van der Waals surface area contributed by atoms with Crippen LogP contribution in [-0.2, 0) is 6.61 Å². The summed E-state index contributed by atoms with van der Waals surface area (Å²) < 4.78 is 9.73. The molecule has 0 aromatic heterocycles. The van der Waals surface area contributed by atoms with Crippen LogP contribution in [0.2, 0.25) is 0 Å². The third kappa shape index (κ3) is 6.50. The highest BCUT2D eigenvalue weighted by Crippen LogP contribution is 2.29. The molecule has 4 nitrogen and oxygen atoms in total. The molecule has 8 heteroatoms. The van der Waals surface area contributed by atoms with Crippen molar-refractivity contribution < 1.29 is 9.53 Å². The Kier molecular flexibility index (Phi) is 8.51. The number of carbonyl (C=O) groups excluding carboxylic acids is 1. The van der Waals surface area contributed by atoms with Gasteiger partial charge in [0, 0.05) is 8.95 Å². The number of rotatable bonds is 6. The lowest BCUT2D eigenvalue weighted by Gasteiger charge is -2.11. The van der Waals surface area contributed by atoms with Gasteiger partial charge in [-0.05, 0) is 109 Å². The molecule has 0 aliphatic carbocycles. The van der Waals surface area contributed by atoms with Gasteiger partial charge in [-0.1, -0.05) is 40.2 Å². The second-order valence-electron chi connectivity index (χ2n) is 5.91. The molecule has 148 valence electrons. The molecule has 0 bridgehead atoms. The number of hydrazone groups is 1. The second-order valence-corrected chi connectivity index (χ2v) is 10.0. The van der Waals surface area contributed by atoms with Crippen molar-refractivity contribution in [3.63, 3.8) is 0 Å². The Labute approximate surface area is 213 Å². The lowest BCUT2D eigenvalue weighted by atomic mass is 10.2. The predicted octanol–water partition coefficient (Wildman–Crippen LogP) is 6.76. The van der Waals surface area contributed by atoms with Crippen LogP contribution in [0.4, 0.5) is 0 Å². The molecule has 0 radical (unpaired) electrons. The molecule has 3 aromatic rings. The number of benzene rings is 3. The van der Waals surface area contributed by atoms with Crippen LogP contribution in [0.1, 0.15) is 21.5 Å². The van der Waals surface area contributed by atoms with Gasteiger partial charge in [0.2, 0.25) is 0 Å². The van der Waals surface area contributed by atoms with E-state index >= 15 is 0 Å². The summed E-state index contributed by atoms with van der Waals surface area (Å²) in [6, 6.07) is 19.2. The molecule has 0 spiro atoms. The fourth-order valence-corrected chi connectivity index (χ4v) is 5.26. The number of hydrogen-bond acceptors (Lipinski definition) is 3. The average molecular weight is 740 g/mol. The smallest absolute Gasteiger partial charge is 0.272 e. The fourth-order valence-electron chi connectivity index (χ4n) is 2.40. The highest BCUT2D eigenvalue weighted by atomic mass is 127. The minimum atomic E-state index is -0.271. The fraction of sp³-hybridized carbons (Fsp3) is 0.0476. The van der Waals surface area contributed by atoms with Gasteiger partial charge >= 0.3 is 0 Å². The van der Waals surface area contributed by atoms with Crippen LogP contribution in [-0.4, -0.2) is 12.1 Å². The quantitative estimate of drug-likeness (QED) is 0.173. The summed E-state index contributed by atoms with van der Waals surface area (Å²) in [5.74, 6) is 0.566. The first-order chi connectivity index (χ1) is 13.9. The molecular weight excluding hydrogens is 726 g/mol. The molecule has 1 N–H and O–H groups in total. The zero-order valence-electron chi connectivity index (χ0n) is 14.8. The van der Waals surface area contributed by atoms with Crippen molar-refractivity contribution in [1.29, 1.82) is 0 Å². The molecule has 0 saturated heterocycles. The molecule has 0 fully saturated rings. The monoisotopic (exact) mass is 738 g/mol. The highest BCUT2D eigenvalue weighted by Gasteiger charge is 2.10. The van der Waals surface area contributed by atoms with Crippen LogP contribution < -0.4 is 10.2 Å². The van der Waals surface area contributed by atoms with E-state index in [-0.39, 0.29) is 5.91 Å². The van der Waals surface area contributed by atoms with Crippen LogP contribution in [0.5, 0.6) is 5.75 Å². The third-order valence-corrected chi connectivity index (χ3v) is 6.64. The molecule has 0 unspecified atom stereocenters. The first-order valence-electron chi connectivity index (χ1n) is 8.38. The SMILES string of the molecule is O=C(N/N=C\c1cc(I)c(OCc2ccc(Br)cc2)c(I)c1)c1ccccc1Br. The molecular formula is C21H14Br2I2N2O2. The Morgan fingerprint density at radius 1 is 1.03 bits per heavy atom. The average Bonchev–Trinajstić information content (AvgIpc) is 2.69. The molecule has 3 rings (SSSR count). The van der Waals surface area contributed by atoms with E-state index in [4.69, 9.17) is 4.74 Å². The lowest BCUT2D eigenvalue weighted by Crippen LogP contribution is -2.18. The summed E-state index contributed by atoms with van der Waals surface area (Å²) in [5, 5.41) is 4.08. The number of carbonyl (C=O) groups is 1. The Morgan fingerprint density at radius 3 is 2.34 bits per heavy atom. The lowest BCUT2D eigenvalue weighted by molar-refractivity contribution is 0.0954. The van der Waals surface area contributed by atoms with Crippen molar-refractivity contribution in [2.75, 3.05) is 0 Å². The number of ether oxygens (including phenoxy) is 1. The van der Waals surface area contributed by atoms with Crippen LogP contribution in [0.3, 0.4) is 0 Å². The topological polar surface area (TPSA) is 50.7 Å². The number of nitrogens with zero attached hydrogens (tertiary/aromatic N) is 1. The van der Waals surface area contributed by atoms with Crippen LogP contribution in [0.25, 0.3) is 0 Å². The first-order valence-corrected chi connectivity index (χ1v) is 12.1. The van der Waals surface area contributed by atoms with E-state index in [9.17, 15) is 4.79 Å². The van der Waals surface area contributed by atoms with Crippen molar-refractivity contribution in [1.82, 2.24) is 5.43 Å². The van der Waals surface area contributed by atoms with Crippen molar-refractivity contribution in [3.05, 3.63) is 93.4 Å². The summed E-state index contributed by atoms with van der Waals surface area (Å²) in [4.78, 5) is 12.2. The predicted molar refractivity (Wildman–Crippen MR) is 140 cm³/mol. The van der Waals surface area contributed by atoms with Gasteiger partial charge < -0.3 is 4.74 Å². The maximum absolute atomic E-state index is 12.2. The summed E-state index contributed by atoms with van der Waals surface area (Å²) in [6.45, 7) is 0.495. The Balaban J connectivity index is 1.65. The summed E-state index contributed by atoms with van der Waals surface area (Å²) in [6.07, 6.45) is 1.62. The summed E-state index contributed by atoms with van der Waals surface area (Å²) in [7, 11) is 0. The van der Waals surface area contributed by atoms with Crippen LogP contribution in [0, 0.1) is 7.14 Å². The van der Waals surface area contributed by atoms with Gasteiger partial charge in [-0.25, -0.2) is 5.43 Å². The zero-order valence-corrected chi connectivity index (χ0v) is 22.3. The van der Waals surface area contributed by atoms with Crippen molar-refractivity contribution >= 4 is 89.2 Å². The van der Waals surface area contributed by atoms with Gasteiger partial charge in [0.25, 0.3) is 5.91 Å². The number of amides is 1. The van der Waals surface area contributed by atoms with E-state index in [1.54, 1.807) is 18.3 Å².